The zero-order chi connectivity index (χ0) is 24.0. The van der Waals surface area contributed by atoms with E-state index in [1.165, 1.54) is 18.2 Å². The zero-order valence-electron chi connectivity index (χ0n) is 17.4. The molecule has 2 aromatic carbocycles. The average Bonchev–Trinajstić information content (AvgIpc) is 3.37. The normalized spacial score (nSPS) is 21.3. The van der Waals surface area contributed by atoms with Crippen LogP contribution < -0.4 is 5.32 Å². The van der Waals surface area contributed by atoms with Gasteiger partial charge in [-0.2, -0.15) is 18.4 Å². The molecule has 0 radical (unpaired) electrons. The van der Waals surface area contributed by atoms with Gasteiger partial charge < -0.3 is 5.32 Å². The number of nitrogens with zero attached hydrogens (tertiary/aromatic N) is 2. The Bertz CT molecular complexity index is 1180. The van der Waals surface area contributed by atoms with Crippen LogP contribution in [0.2, 0.25) is 10.0 Å². The van der Waals surface area contributed by atoms with Gasteiger partial charge >= 0.3 is 6.18 Å². The minimum Gasteiger partial charge on any atom is -0.350 e. The summed E-state index contributed by atoms with van der Waals surface area (Å²) in [4.78, 5) is 12.5. The highest BCUT2D eigenvalue weighted by Gasteiger charge is 2.60. The molecule has 1 aliphatic carbocycles. The van der Waals surface area contributed by atoms with E-state index in [-0.39, 0.29) is 33.8 Å². The van der Waals surface area contributed by atoms with Crippen molar-refractivity contribution in [2.75, 3.05) is 6.54 Å². The summed E-state index contributed by atoms with van der Waals surface area (Å²) in [6.07, 6.45) is -3.48. The van der Waals surface area contributed by atoms with Crippen molar-refractivity contribution in [2.24, 2.45) is 9.81 Å². The minimum absolute atomic E-state index is 0.0598. The number of nitrogens with one attached hydrogen (secondary N) is 1. The highest BCUT2D eigenvalue weighted by molar-refractivity contribution is 7.99. The van der Waals surface area contributed by atoms with E-state index in [0.29, 0.717) is 28.6 Å². The highest BCUT2D eigenvalue weighted by atomic mass is 35.5. The molecule has 2 aliphatic rings. The molecular weight excluding hydrogens is 494 g/mol. The first-order valence-electron chi connectivity index (χ1n) is 10.1. The minimum atomic E-state index is -4.61. The summed E-state index contributed by atoms with van der Waals surface area (Å²) in [5, 5.41) is 12.2. The van der Waals surface area contributed by atoms with Crippen LogP contribution in [0.15, 0.2) is 40.8 Å². The van der Waals surface area contributed by atoms with Crippen LogP contribution in [0.3, 0.4) is 0 Å². The Morgan fingerprint density at radius 3 is 2.42 bits per heavy atom. The van der Waals surface area contributed by atoms with Crippen LogP contribution >= 0.6 is 35.1 Å². The molecule has 4 nitrogen and oxygen atoms in total. The molecule has 0 aromatic heterocycles. The number of benzene rings is 2. The highest BCUT2D eigenvalue weighted by Crippen LogP contribution is 2.57. The summed E-state index contributed by atoms with van der Waals surface area (Å²) < 4.78 is 44.6. The Morgan fingerprint density at radius 1 is 1.21 bits per heavy atom. The molecule has 172 valence electrons. The summed E-state index contributed by atoms with van der Waals surface area (Å²) in [7, 11) is 0. The Kier molecular flexibility index (Phi) is 6.19. The van der Waals surface area contributed by atoms with Crippen molar-refractivity contribution in [3.05, 3.63) is 68.7 Å². The molecule has 2 aromatic rings. The smallest absolute Gasteiger partial charge is 0.350 e. The number of hydrogen-bond donors (Lipinski definition) is 1. The molecule has 0 bridgehead atoms. The predicted molar refractivity (Wildman–Crippen MR) is 124 cm³/mol. The summed E-state index contributed by atoms with van der Waals surface area (Å²) >= 11 is 12.4. The van der Waals surface area contributed by atoms with E-state index in [1.54, 1.807) is 25.1 Å². The second kappa shape index (κ2) is 8.53. The van der Waals surface area contributed by atoms with Crippen LogP contribution in [0.4, 0.5) is 13.2 Å². The van der Waals surface area contributed by atoms with E-state index in [2.05, 4.69) is 15.8 Å². The Balaban J connectivity index is 1.57. The first-order valence-corrected chi connectivity index (χ1v) is 11.6. The van der Waals surface area contributed by atoms with E-state index in [0.717, 1.165) is 12.8 Å². The molecule has 0 saturated heterocycles. The van der Waals surface area contributed by atoms with E-state index >= 15 is 0 Å². The molecule has 4 rings (SSSR count). The molecule has 1 saturated carbocycles. The van der Waals surface area contributed by atoms with Gasteiger partial charge in [-0.15, -0.1) is 0 Å². The molecule has 0 spiro atoms. The largest absolute Gasteiger partial charge is 0.409 e. The fourth-order valence-corrected chi connectivity index (χ4v) is 5.26. The summed E-state index contributed by atoms with van der Waals surface area (Å²) in [6.45, 7) is 2.00. The van der Waals surface area contributed by atoms with Gasteiger partial charge in [0, 0.05) is 28.6 Å². The van der Waals surface area contributed by atoms with Crippen molar-refractivity contribution < 1.29 is 18.0 Å². The van der Waals surface area contributed by atoms with Crippen LogP contribution in [0, 0.1) is 23.7 Å². The fourth-order valence-electron chi connectivity index (χ4n) is 3.77. The summed E-state index contributed by atoms with van der Waals surface area (Å²) in [6, 6.07) is 10.9. The average molecular weight is 512 g/mol. The maximum atomic E-state index is 14.3. The van der Waals surface area contributed by atoms with Crippen molar-refractivity contribution in [3.8, 4) is 6.07 Å². The molecule has 1 atom stereocenters. The third-order valence-corrected chi connectivity index (χ3v) is 7.67. The molecule has 1 N–H and O–H groups in total. The molecule has 1 amide bonds. The second-order valence-electron chi connectivity index (χ2n) is 8.39. The quantitative estimate of drug-likeness (QED) is 0.457. The molecule has 1 aliphatic heterocycles. The number of halogens is 5. The van der Waals surface area contributed by atoms with Crippen molar-refractivity contribution in [1.82, 2.24) is 5.32 Å². The van der Waals surface area contributed by atoms with Crippen molar-refractivity contribution in [1.29, 1.82) is 5.26 Å². The third kappa shape index (κ3) is 4.59. The van der Waals surface area contributed by atoms with Crippen molar-refractivity contribution in [3.63, 3.8) is 0 Å². The predicted octanol–water partition coefficient (Wildman–Crippen LogP) is 6.63. The number of nitriles is 1. The number of carbonyl (C=O) groups is 1. The van der Waals surface area contributed by atoms with Gasteiger partial charge in [0.2, 0.25) is 0 Å². The van der Waals surface area contributed by atoms with Gasteiger partial charge in [-0.1, -0.05) is 29.3 Å². The van der Waals surface area contributed by atoms with Crippen molar-refractivity contribution >= 4 is 46.8 Å². The van der Waals surface area contributed by atoms with E-state index in [9.17, 15) is 18.0 Å². The topological polar surface area (TPSA) is 65.2 Å². The molecule has 0 unspecified atom stereocenters. The van der Waals surface area contributed by atoms with Crippen LogP contribution in [0.25, 0.3) is 0 Å². The van der Waals surface area contributed by atoms with E-state index < -0.39 is 22.8 Å². The molecular formula is C23H18Cl2F3N3OS. The number of aryl methyl sites for hydroxylation is 1. The molecule has 1 fully saturated rings. The summed E-state index contributed by atoms with van der Waals surface area (Å²) in [5.74, 6) is -0.318. The number of amides is 1. The zero-order valence-corrected chi connectivity index (χ0v) is 19.7. The number of alkyl halides is 3. The second-order valence-corrected chi connectivity index (χ2v) is 10.3. The van der Waals surface area contributed by atoms with Crippen LogP contribution in [0.5, 0.6) is 0 Å². The lowest BCUT2D eigenvalue weighted by atomic mass is 9.89. The van der Waals surface area contributed by atoms with Crippen LogP contribution in [-0.2, 0) is 4.75 Å². The van der Waals surface area contributed by atoms with Gasteiger partial charge in [0.05, 0.1) is 17.2 Å². The number of carbonyl (C=O) groups excluding carboxylic acids is 1. The molecule has 10 heteroatoms. The van der Waals surface area contributed by atoms with Gasteiger partial charge in [-0.05, 0) is 78.7 Å². The lowest BCUT2D eigenvalue weighted by Crippen LogP contribution is -2.38. The SMILES string of the molecule is Cc1cc(C2=NS[C@@](c3cc(Cl)cc(Cl)c3)(C(F)(F)F)C2)ccc1C(=O)NCC1(C#N)CC1. The Morgan fingerprint density at radius 2 is 1.88 bits per heavy atom. The standard InChI is InChI=1S/C23H18Cl2F3N3OS/c1-13-6-14(2-3-18(13)20(32)30-12-21(11-29)4-5-21)19-10-22(33-31-19,23(26,27)28)15-7-16(24)9-17(25)8-15/h2-3,6-9H,4-5,10,12H2,1H3,(H,30,32)/t22-/m0/s1. The third-order valence-electron chi connectivity index (χ3n) is 6.00. The Hall–Kier alpha value is -2.21. The van der Waals surface area contributed by atoms with Crippen LogP contribution in [-0.4, -0.2) is 24.3 Å². The Labute approximate surface area is 203 Å². The van der Waals surface area contributed by atoms with Gasteiger partial charge in [-0.3, -0.25) is 4.79 Å². The van der Waals surface area contributed by atoms with Gasteiger partial charge in [0.25, 0.3) is 5.91 Å². The van der Waals surface area contributed by atoms with Gasteiger partial charge in [-0.25, -0.2) is 4.40 Å². The first-order chi connectivity index (χ1) is 15.5. The van der Waals surface area contributed by atoms with E-state index in [4.69, 9.17) is 28.5 Å². The summed E-state index contributed by atoms with van der Waals surface area (Å²) in [5.41, 5.74) is 1.26. The monoisotopic (exact) mass is 511 g/mol. The number of hydrogen-bond acceptors (Lipinski definition) is 4. The molecule has 1 heterocycles. The maximum absolute atomic E-state index is 14.3. The van der Waals surface area contributed by atoms with Gasteiger partial charge in [0.1, 0.15) is 0 Å². The maximum Gasteiger partial charge on any atom is 0.409 e. The van der Waals surface area contributed by atoms with E-state index in [1.807, 2.05) is 0 Å². The number of rotatable bonds is 5. The molecule has 33 heavy (non-hydrogen) atoms. The first kappa shape index (κ1) is 23.9. The van der Waals surface area contributed by atoms with Crippen molar-refractivity contribution in [2.45, 2.75) is 37.1 Å². The van der Waals surface area contributed by atoms with Gasteiger partial charge in [0.15, 0.2) is 4.75 Å². The fraction of sp³-hybridized carbons (Fsp3) is 0.348. The lowest BCUT2D eigenvalue weighted by Gasteiger charge is -2.30. The lowest BCUT2D eigenvalue weighted by molar-refractivity contribution is -0.159. The van der Waals surface area contributed by atoms with Crippen LogP contribution in [0.1, 0.15) is 46.3 Å².